The molecule has 0 saturated heterocycles. The lowest BCUT2D eigenvalue weighted by atomic mass is 10.2. The number of aryl methyl sites for hydroxylation is 1. The van der Waals surface area contributed by atoms with Crippen LogP contribution in [0.2, 0.25) is 5.02 Å². The van der Waals surface area contributed by atoms with Crippen LogP contribution in [-0.2, 0) is 17.8 Å². The van der Waals surface area contributed by atoms with E-state index in [-0.39, 0.29) is 17.3 Å². The Labute approximate surface area is 113 Å². The topological polar surface area (TPSA) is 68.0 Å². The minimum Gasteiger partial charge on any atom is -0.481 e. The van der Waals surface area contributed by atoms with Crippen LogP contribution in [0.15, 0.2) is 18.2 Å². The number of carbonyl (C=O) groups is 1. The molecule has 19 heavy (non-hydrogen) atoms. The highest BCUT2D eigenvalue weighted by Crippen LogP contribution is 2.22. The number of carboxylic acid groups (broad SMARTS) is 1. The van der Waals surface area contributed by atoms with Crippen LogP contribution in [0.1, 0.15) is 12.7 Å². The molecule has 0 aliphatic heterocycles. The maximum Gasteiger partial charge on any atom is 0.311 e. The fraction of sp³-hybridized carbons (Fsp3) is 0.250. The predicted molar refractivity (Wildman–Crippen MR) is 67.4 cm³/mol. The first-order valence-corrected chi connectivity index (χ1v) is 6.00. The summed E-state index contributed by atoms with van der Waals surface area (Å²) in [4.78, 5) is 14.8. The van der Waals surface area contributed by atoms with Gasteiger partial charge in [0.1, 0.15) is 18.1 Å². The average molecular weight is 284 g/mol. The quantitative estimate of drug-likeness (QED) is 0.935. The zero-order valence-electron chi connectivity index (χ0n) is 10.1. The summed E-state index contributed by atoms with van der Waals surface area (Å²) in [7, 11) is 0. The van der Waals surface area contributed by atoms with Crippen molar-refractivity contribution in [3.8, 4) is 11.4 Å². The van der Waals surface area contributed by atoms with Crippen molar-refractivity contribution >= 4 is 17.6 Å². The van der Waals surface area contributed by atoms with Gasteiger partial charge in [0.05, 0.1) is 5.02 Å². The molecule has 0 fully saturated rings. The Morgan fingerprint density at radius 1 is 1.53 bits per heavy atom. The second-order valence-corrected chi connectivity index (χ2v) is 4.27. The molecule has 0 radical (unpaired) electrons. The Morgan fingerprint density at radius 3 is 2.84 bits per heavy atom. The minimum absolute atomic E-state index is 0.0180. The van der Waals surface area contributed by atoms with Gasteiger partial charge in [-0.3, -0.25) is 4.79 Å². The lowest BCUT2D eigenvalue weighted by Crippen LogP contribution is -2.09. The molecule has 0 atom stereocenters. The monoisotopic (exact) mass is 283 g/mol. The number of aliphatic carboxylic acids is 1. The van der Waals surface area contributed by atoms with Crippen LogP contribution in [0.4, 0.5) is 4.39 Å². The first-order valence-electron chi connectivity index (χ1n) is 5.62. The molecular formula is C12H11ClFN3O2. The Bertz CT molecular complexity index is 627. The van der Waals surface area contributed by atoms with Crippen molar-refractivity contribution in [2.45, 2.75) is 19.9 Å². The Morgan fingerprint density at radius 2 is 2.26 bits per heavy atom. The van der Waals surface area contributed by atoms with Crippen molar-refractivity contribution in [1.82, 2.24) is 14.8 Å². The van der Waals surface area contributed by atoms with E-state index in [0.717, 1.165) is 0 Å². The summed E-state index contributed by atoms with van der Waals surface area (Å²) in [6.45, 7) is 2.32. The molecule has 1 aromatic heterocycles. The lowest BCUT2D eigenvalue weighted by Gasteiger charge is -1.98. The molecule has 5 nitrogen and oxygen atoms in total. The van der Waals surface area contributed by atoms with E-state index in [1.165, 1.54) is 16.8 Å². The summed E-state index contributed by atoms with van der Waals surface area (Å²) < 4.78 is 14.9. The van der Waals surface area contributed by atoms with Gasteiger partial charge in [-0.2, -0.15) is 5.10 Å². The van der Waals surface area contributed by atoms with Crippen molar-refractivity contribution in [2.24, 2.45) is 0 Å². The van der Waals surface area contributed by atoms with Crippen molar-refractivity contribution in [2.75, 3.05) is 0 Å². The third-order valence-corrected chi connectivity index (χ3v) is 2.84. The fourth-order valence-corrected chi connectivity index (χ4v) is 1.77. The van der Waals surface area contributed by atoms with Gasteiger partial charge in [-0.25, -0.2) is 14.1 Å². The van der Waals surface area contributed by atoms with Crippen LogP contribution < -0.4 is 0 Å². The van der Waals surface area contributed by atoms with Gasteiger partial charge >= 0.3 is 5.97 Å². The highest BCUT2D eigenvalue weighted by atomic mass is 35.5. The lowest BCUT2D eigenvalue weighted by molar-refractivity contribution is -0.136. The third-order valence-electron chi connectivity index (χ3n) is 2.54. The molecule has 0 saturated carbocycles. The summed E-state index contributed by atoms with van der Waals surface area (Å²) in [6, 6.07) is 4.23. The molecular weight excluding hydrogens is 273 g/mol. The number of hydrogen-bond acceptors (Lipinski definition) is 3. The Kier molecular flexibility index (Phi) is 3.80. The predicted octanol–water partition coefficient (Wildman–Crippen LogP) is 2.38. The van der Waals surface area contributed by atoms with Crippen LogP contribution in [0.3, 0.4) is 0 Å². The van der Waals surface area contributed by atoms with Crippen molar-refractivity contribution in [3.63, 3.8) is 0 Å². The van der Waals surface area contributed by atoms with E-state index in [9.17, 15) is 9.18 Å². The van der Waals surface area contributed by atoms with Crippen LogP contribution in [0, 0.1) is 5.82 Å². The molecule has 7 heteroatoms. The maximum atomic E-state index is 13.4. The van der Waals surface area contributed by atoms with Gasteiger partial charge < -0.3 is 5.11 Å². The molecule has 0 amide bonds. The van der Waals surface area contributed by atoms with Gasteiger partial charge in [-0.1, -0.05) is 11.6 Å². The van der Waals surface area contributed by atoms with Gasteiger partial charge in [0, 0.05) is 12.1 Å². The van der Waals surface area contributed by atoms with E-state index in [1.54, 1.807) is 6.07 Å². The molecule has 0 spiro atoms. The van der Waals surface area contributed by atoms with Crippen molar-refractivity contribution in [3.05, 3.63) is 34.9 Å². The Hall–Kier alpha value is -1.95. The first-order chi connectivity index (χ1) is 9.01. The van der Waals surface area contributed by atoms with E-state index < -0.39 is 11.8 Å². The SMILES string of the molecule is CCn1nc(-c2ccc(Cl)c(F)c2)nc1CC(=O)O. The molecule has 1 heterocycles. The van der Waals surface area contributed by atoms with Crippen molar-refractivity contribution < 1.29 is 14.3 Å². The van der Waals surface area contributed by atoms with E-state index in [4.69, 9.17) is 16.7 Å². The van der Waals surface area contributed by atoms with E-state index >= 15 is 0 Å². The van der Waals surface area contributed by atoms with Gasteiger partial charge in [-0.15, -0.1) is 0 Å². The molecule has 1 N–H and O–H groups in total. The molecule has 0 bridgehead atoms. The number of aromatic nitrogens is 3. The number of nitrogens with zero attached hydrogens (tertiary/aromatic N) is 3. The van der Waals surface area contributed by atoms with Gasteiger partial charge in [0.15, 0.2) is 5.82 Å². The third kappa shape index (κ3) is 2.90. The molecule has 0 unspecified atom stereocenters. The molecule has 0 aliphatic rings. The highest BCUT2D eigenvalue weighted by Gasteiger charge is 2.14. The van der Waals surface area contributed by atoms with E-state index in [2.05, 4.69) is 10.1 Å². The molecule has 0 aliphatic carbocycles. The zero-order valence-corrected chi connectivity index (χ0v) is 10.9. The summed E-state index contributed by atoms with van der Waals surface area (Å²) in [5.74, 6) is -0.934. The van der Waals surface area contributed by atoms with E-state index in [0.29, 0.717) is 17.9 Å². The standard InChI is InChI=1S/C12H11ClFN3O2/c1-2-17-10(6-11(18)19)15-12(16-17)7-3-4-8(13)9(14)5-7/h3-5H,2,6H2,1H3,(H,18,19). The molecule has 2 rings (SSSR count). The first kappa shape index (κ1) is 13.5. The summed E-state index contributed by atoms with van der Waals surface area (Å²) in [6.07, 6.45) is -0.225. The Balaban J connectivity index is 2.42. The van der Waals surface area contributed by atoms with Crippen LogP contribution in [-0.4, -0.2) is 25.8 Å². The second-order valence-electron chi connectivity index (χ2n) is 3.87. The second kappa shape index (κ2) is 5.36. The van der Waals surface area contributed by atoms with Crippen LogP contribution in [0.5, 0.6) is 0 Å². The minimum atomic E-state index is -0.990. The summed E-state index contributed by atoms with van der Waals surface area (Å²) >= 11 is 5.60. The van der Waals surface area contributed by atoms with E-state index in [1.807, 2.05) is 6.92 Å². The molecule has 2 aromatic rings. The zero-order chi connectivity index (χ0) is 14.0. The number of hydrogen-bond donors (Lipinski definition) is 1. The highest BCUT2D eigenvalue weighted by molar-refractivity contribution is 6.30. The normalized spacial score (nSPS) is 10.7. The number of rotatable bonds is 4. The summed E-state index contributed by atoms with van der Waals surface area (Å²) in [5, 5.41) is 13.0. The van der Waals surface area contributed by atoms with Gasteiger partial charge in [-0.05, 0) is 25.1 Å². The fourth-order valence-electron chi connectivity index (χ4n) is 1.65. The molecule has 100 valence electrons. The van der Waals surface area contributed by atoms with Gasteiger partial charge in [0.2, 0.25) is 0 Å². The van der Waals surface area contributed by atoms with Crippen LogP contribution in [0.25, 0.3) is 11.4 Å². The number of halogens is 2. The van der Waals surface area contributed by atoms with Crippen molar-refractivity contribution in [1.29, 1.82) is 0 Å². The average Bonchev–Trinajstić information content (AvgIpc) is 2.75. The van der Waals surface area contributed by atoms with Gasteiger partial charge in [0.25, 0.3) is 0 Å². The maximum absolute atomic E-state index is 13.4. The summed E-state index contributed by atoms with van der Waals surface area (Å²) in [5.41, 5.74) is 0.459. The van der Waals surface area contributed by atoms with Crippen LogP contribution >= 0.6 is 11.6 Å². The number of carboxylic acids is 1. The number of benzene rings is 1. The largest absolute Gasteiger partial charge is 0.481 e. The smallest absolute Gasteiger partial charge is 0.311 e. The molecule has 1 aromatic carbocycles.